The van der Waals surface area contributed by atoms with Crippen molar-refractivity contribution in [2.75, 3.05) is 13.2 Å². The number of benzene rings is 2. The summed E-state index contributed by atoms with van der Waals surface area (Å²) in [4.78, 5) is 22.4. The minimum atomic E-state index is -0.154. The van der Waals surface area contributed by atoms with Crippen molar-refractivity contribution in [3.8, 4) is 16.4 Å². The zero-order valence-corrected chi connectivity index (χ0v) is 16.6. The summed E-state index contributed by atoms with van der Waals surface area (Å²) in [6, 6.07) is 17.7. The Hall–Kier alpha value is -3.03. The van der Waals surface area contributed by atoms with Crippen LogP contribution in [0.5, 0.6) is 0 Å². The van der Waals surface area contributed by atoms with Gasteiger partial charge in [0, 0.05) is 18.4 Å². The fraction of sp³-hybridized carbons (Fsp3) is 0.227. The van der Waals surface area contributed by atoms with E-state index in [4.69, 9.17) is 4.74 Å². The maximum absolute atomic E-state index is 13.2. The van der Waals surface area contributed by atoms with Gasteiger partial charge in [-0.05, 0) is 25.0 Å². The van der Waals surface area contributed by atoms with Crippen LogP contribution in [-0.4, -0.2) is 40.2 Å². The number of nitrogens with zero attached hydrogens (tertiary/aromatic N) is 3. The molecule has 1 aliphatic rings. The first-order valence-electron chi connectivity index (χ1n) is 9.67. The third kappa shape index (κ3) is 3.54. The molecule has 0 spiro atoms. The van der Waals surface area contributed by atoms with Crippen LogP contribution in [0.25, 0.3) is 26.6 Å². The van der Waals surface area contributed by atoms with Crippen LogP contribution in [0.4, 0.5) is 0 Å². The van der Waals surface area contributed by atoms with Crippen LogP contribution >= 0.6 is 11.3 Å². The summed E-state index contributed by atoms with van der Waals surface area (Å²) in [6.45, 7) is 1.37. The Morgan fingerprint density at radius 1 is 1.21 bits per heavy atom. The summed E-state index contributed by atoms with van der Waals surface area (Å²) in [7, 11) is 0. The number of aromatic amines is 1. The highest BCUT2D eigenvalue weighted by Crippen LogP contribution is 2.25. The van der Waals surface area contributed by atoms with Gasteiger partial charge in [0.15, 0.2) is 0 Å². The van der Waals surface area contributed by atoms with Crippen LogP contribution in [0.2, 0.25) is 0 Å². The zero-order chi connectivity index (χ0) is 19.6. The normalized spacial score (nSPS) is 16.9. The molecule has 7 heteroatoms. The molecule has 2 aromatic heterocycles. The van der Waals surface area contributed by atoms with Crippen LogP contribution in [-0.2, 0) is 4.74 Å². The highest BCUT2D eigenvalue weighted by molar-refractivity contribution is 7.20. The van der Waals surface area contributed by atoms with Gasteiger partial charge in [0.1, 0.15) is 0 Å². The minimum absolute atomic E-state index is 0.150. The number of aromatic nitrogens is 3. The van der Waals surface area contributed by atoms with Gasteiger partial charge in [-0.25, -0.2) is 4.98 Å². The number of hydrogen-bond acceptors (Lipinski definition) is 5. The molecule has 29 heavy (non-hydrogen) atoms. The number of ether oxygens (including phenoxy) is 1. The number of rotatable bonds is 5. The van der Waals surface area contributed by atoms with Gasteiger partial charge in [-0.15, -0.1) is 0 Å². The molecule has 0 unspecified atom stereocenters. The highest BCUT2D eigenvalue weighted by atomic mass is 32.1. The molecule has 5 rings (SSSR count). The molecule has 146 valence electrons. The lowest BCUT2D eigenvalue weighted by molar-refractivity contribution is 0.118. The molecule has 3 heterocycles. The minimum Gasteiger partial charge on any atom is -0.376 e. The first kappa shape index (κ1) is 18.0. The van der Waals surface area contributed by atoms with Gasteiger partial charge in [-0.2, -0.15) is 4.68 Å². The predicted octanol–water partition coefficient (Wildman–Crippen LogP) is 4.04. The molecule has 0 bridgehead atoms. The van der Waals surface area contributed by atoms with E-state index in [2.05, 4.69) is 15.1 Å². The summed E-state index contributed by atoms with van der Waals surface area (Å²) in [5, 5.41) is 3.87. The highest BCUT2D eigenvalue weighted by Gasteiger charge is 2.18. The fourth-order valence-electron chi connectivity index (χ4n) is 3.54. The monoisotopic (exact) mass is 404 g/mol. The van der Waals surface area contributed by atoms with Crippen LogP contribution in [0.1, 0.15) is 18.4 Å². The summed E-state index contributed by atoms with van der Waals surface area (Å²) in [5.74, 6) is 0. The Morgan fingerprint density at radius 3 is 2.83 bits per heavy atom. The van der Waals surface area contributed by atoms with Crippen molar-refractivity contribution in [2.24, 2.45) is 4.99 Å². The standard InChI is InChI=1S/C22H20N4O2S/c27-21-17(14-23-13-16-9-6-12-28-16)20(15-7-2-1-3-8-15)25-26(21)22-24-18-10-4-5-11-19(18)29-22/h1-5,7-8,10-11,14,16,25H,6,9,12-13H2/t16-/m0/s1. The van der Waals surface area contributed by atoms with Crippen LogP contribution in [0.15, 0.2) is 64.4 Å². The van der Waals surface area contributed by atoms with E-state index in [0.717, 1.165) is 40.9 Å². The van der Waals surface area contributed by atoms with Gasteiger partial charge in [-0.3, -0.25) is 14.9 Å². The third-order valence-corrected chi connectivity index (χ3v) is 6.04. The van der Waals surface area contributed by atoms with E-state index in [1.165, 1.54) is 16.0 Å². The third-order valence-electron chi connectivity index (χ3n) is 5.02. The number of nitrogens with one attached hydrogen (secondary N) is 1. The first-order valence-corrected chi connectivity index (χ1v) is 10.5. The molecule has 2 aromatic carbocycles. The molecule has 1 saturated heterocycles. The summed E-state index contributed by atoms with van der Waals surface area (Å²) < 4.78 is 8.19. The van der Waals surface area contributed by atoms with E-state index in [9.17, 15) is 4.79 Å². The lowest BCUT2D eigenvalue weighted by Crippen LogP contribution is -2.17. The number of H-pyrrole nitrogens is 1. The van der Waals surface area contributed by atoms with Crippen molar-refractivity contribution >= 4 is 27.8 Å². The molecule has 4 aromatic rings. The average Bonchev–Trinajstić information content (AvgIpc) is 3.48. The molecule has 0 radical (unpaired) electrons. The van der Waals surface area contributed by atoms with Gasteiger partial charge in [0.25, 0.3) is 5.56 Å². The second kappa shape index (κ2) is 7.77. The Labute approximate surface area is 171 Å². The van der Waals surface area contributed by atoms with E-state index in [1.807, 2.05) is 54.6 Å². The second-order valence-corrected chi connectivity index (χ2v) is 8.01. The molecule has 1 fully saturated rings. The van der Waals surface area contributed by atoms with Crippen molar-refractivity contribution < 1.29 is 4.74 Å². The largest absolute Gasteiger partial charge is 0.376 e. The number of thiazole rings is 1. The zero-order valence-electron chi connectivity index (χ0n) is 15.7. The fourth-order valence-corrected chi connectivity index (χ4v) is 4.46. The molecule has 0 aliphatic carbocycles. The Balaban J connectivity index is 1.58. The van der Waals surface area contributed by atoms with Crippen molar-refractivity contribution in [1.29, 1.82) is 0 Å². The quantitative estimate of drug-likeness (QED) is 0.510. The van der Waals surface area contributed by atoms with Crippen molar-refractivity contribution in [1.82, 2.24) is 14.8 Å². The van der Waals surface area contributed by atoms with Crippen molar-refractivity contribution in [3.05, 3.63) is 70.5 Å². The van der Waals surface area contributed by atoms with E-state index in [1.54, 1.807) is 6.21 Å². The molecule has 1 atom stereocenters. The Kier molecular flexibility index (Phi) is 4.83. The van der Waals surface area contributed by atoms with Gasteiger partial charge in [-0.1, -0.05) is 53.8 Å². The maximum atomic E-state index is 13.2. The molecular weight excluding hydrogens is 384 g/mol. The number of hydrogen-bond donors (Lipinski definition) is 1. The van der Waals surface area contributed by atoms with E-state index < -0.39 is 0 Å². The number of fused-ring (bicyclic) bond motifs is 1. The molecule has 0 saturated carbocycles. The maximum Gasteiger partial charge on any atom is 0.282 e. The van der Waals surface area contributed by atoms with Crippen molar-refractivity contribution in [2.45, 2.75) is 18.9 Å². The Morgan fingerprint density at radius 2 is 2.03 bits per heavy atom. The van der Waals surface area contributed by atoms with E-state index in [0.29, 0.717) is 17.2 Å². The lowest BCUT2D eigenvalue weighted by Gasteiger charge is -2.03. The van der Waals surface area contributed by atoms with Crippen LogP contribution < -0.4 is 5.56 Å². The molecular formula is C22H20N4O2S. The number of para-hydroxylation sites is 1. The van der Waals surface area contributed by atoms with Gasteiger partial charge >= 0.3 is 0 Å². The molecule has 1 N–H and O–H groups in total. The van der Waals surface area contributed by atoms with Crippen molar-refractivity contribution in [3.63, 3.8) is 0 Å². The van der Waals surface area contributed by atoms with Gasteiger partial charge in [0.05, 0.1) is 34.1 Å². The SMILES string of the molecule is O=c1c(C=NC[C@@H]2CCCO2)c(-c2ccccc2)[nH]n1-c1nc2ccccc2s1. The molecule has 6 nitrogen and oxygen atoms in total. The average molecular weight is 404 g/mol. The van der Waals surface area contributed by atoms with Gasteiger partial charge in [0.2, 0.25) is 5.13 Å². The lowest BCUT2D eigenvalue weighted by atomic mass is 10.1. The summed E-state index contributed by atoms with van der Waals surface area (Å²) in [5.41, 5.74) is 2.94. The van der Waals surface area contributed by atoms with E-state index >= 15 is 0 Å². The molecule has 1 aliphatic heterocycles. The summed E-state index contributed by atoms with van der Waals surface area (Å²) in [6.07, 6.45) is 3.92. The smallest absolute Gasteiger partial charge is 0.282 e. The topological polar surface area (TPSA) is 72.3 Å². The summed E-state index contributed by atoms with van der Waals surface area (Å²) >= 11 is 1.48. The van der Waals surface area contributed by atoms with Crippen LogP contribution in [0, 0.1) is 0 Å². The van der Waals surface area contributed by atoms with E-state index in [-0.39, 0.29) is 11.7 Å². The predicted molar refractivity (Wildman–Crippen MR) is 116 cm³/mol. The van der Waals surface area contributed by atoms with Crippen LogP contribution in [0.3, 0.4) is 0 Å². The first-order chi connectivity index (χ1) is 14.3. The molecule has 0 amide bonds. The number of aliphatic imine (C=N–C) groups is 1. The Bertz CT molecular complexity index is 1180. The second-order valence-electron chi connectivity index (χ2n) is 7.00. The van der Waals surface area contributed by atoms with Gasteiger partial charge < -0.3 is 4.74 Å².